The zero-order chi connectivity index (χ0) is 16.4. The number of amides is 2. The van der Waals surface area contributed by atoms with E-state index in [9.17, 15) is 14.8 Å². The summed E-state index contributed by atoms with van der Waals surface area (Å²) < 4.78 is 1.47. The summed E-state index contributed by atoms with van der Waals surface area (Å²) in [5.74, 6) is -0.675. The Balaban J connectivity index is 2.20. The van der Waals surface area contributed by atoms with Crippen LogP contribution in [0.4, 0.5) is 5.69 Å². The number of amidine groups is 1. The highest BCUT2D eigenvalue weighted by molar-refractivity contribution is 9.10. The van der Waals surface area contributed by atoms with Gasteiger partial charge in [0.05, 0.1) is 18.4 Å². The zero-order valence-electron chi connectivity index (χ0n) is 12.1. The molecule has 0 saturated carbocycles. The minimum Gasteiger partial charge on any atom is -0.710 e. The molecule has 0 unspecified atom stereocenters. The lowest BCUT2D eigenvalue weighted by Crippen LogP contribution is -2.40. The van der Waals surface area contributed by atoms with Gasteiger partial charge in [-0.2, -0.15) is 0 Å². The van der Waals surface area contributed by atoms with Crippen molar-refractivity contribution in [2.24, 2.45) is 0 Å². The van der Waals surface area contributed by atoms with Gasteiger partial charge in [-0.15, -0.1) is 4.90 Å². The Morgan fingerprint density at radius 2 is 1.52 bits per heavy atom. The monoisotopic (exact) mass is 372 g/mol. The van der Waals surface area contributed by atoms with Gasteiger partial charge in [-0.25, -0.2) is 14.3 Å². The summed E-state index contributed by atoms with van der Waals surface area (Å²) in [5, 5.41) is 12.8. The molecule has 0 radical (unpaired) electrons. The maximum Gasteiger partial charge on any atom is 0.317 e. The van der Waals surface area contributed by atoms with Gasteiger partial charge in [-0.05, 0) is 36.4 Å². The summed E-state index contributed by atoms with van der Waals surface area (Å²) in [4.78, 5) is 25.2. The predicted octanol–water partition coefficient (Wildman–Crippen LogP) is 3.19. The molecule has 6 heteroatoms. The van der Waals surface area contributed by atoms with Gasteiger partial charge < -0.3 is 5.21 Å². The first-order valence-electron chi connectivity index (χ1n) is 7.09. The first-order chi connectivity index (χ1) is 11.1. The number of nitrogens with zero attached hydrogens (tertiary/aromatic N) is 2. The fraction of sp³-hybridized carbons (Fsp3) is 0.118. The predicted molar refractivity (Wildman–Crippen MR) is 89.1 cm³/mol. The van der Waals surface area contributed by atoms with Gasteiger partial charge in [-0.1, -0.05) is 34.1 Å². The first-order valence-corrected chi connectivity index (χ1v) is 7.88. The minimum atomic E-state index is -0.357. The second-order valence-corrected chi connectivity index (χ2v) is 6.00. The van der Waals surface area contributed by atoms with Crippen molar-refractivity contribution in [1.82, 2.24) is 4.90 Å². The zero-order valence-corrected chi connectivity index (χ0v) is 13.7. The third-order valence-electron chi connectivity index (χ3n) is 3.55. The van der Waals surface area contributed by atoms with Gasteiger partial charge in [0.2, 0.25) is 0 Å². The fourth-order valence-electron chi connectivity index (χ4n) is 2.43. The highest BCUT2D eigenvalue weighted by Crippen LogP contribution is 2.21. The van der Waals surface area contributed by atoms with E-state index in [0.717, 1.165) is 9.37 Å². The number of likely N-dealkylation sites (tertiary alicyclic amines) is 1. The maximum absolute atomic E-state index is 12.8. The van der Waals surface area contributed by atoms with Crippen LogP contribution >= 0.6 is 15.9 Å². The molecule has 116 valence electrons. The van der Waals surface area contributed by atoms with Gasteiger partial charge in [-0.3, -0.25) is 0 Å². The van der Waals surface area contributed by atoms with Crippen LogP contribution in [0.3, 0.4) is 0 Å². The van der Waals surface area contributed by atoms with Crippen LogP contribution < -0.4 is 0 Å². The molecule has 0 aliphatic carbocycles. The van der Waals surface area contributed by atoms with Crippen LogP contribution in [-0.4, -0.2) is 27.3 Å². The Labute approximate surface area is 141 Å². The molecule has 0 aromatic heterocycles. The lowest BCUT2D eigenvalue weighted by atomic mass is 10.2. The van der Waals surface area contributed by atoms with E-state index in [0.29, 0.717) is 16.0 Å². The van der Waals surface area contributed by atoms with Crippen LogP contribution in [0.2, 0.25) is 0 Å². The fourth-order valence-corrected chi connectivity index (χ4v) is 2.70. The van der Waals surface area contributed by atoms with E-state index in [4.69, 9.17) is 0 Å². The average Bonchev–Trinajstić information content (AvgIpc) is 2.90. The lowest BCUT2D eigenvalue weighted by molar-refractivity contribution is -0.365. The van der Waals surface area contributed by atoms with Crippen LogP contribution in [0.25, 0.3) is 0 Å². The lowest BCUT2D eigenvalue weighted by Gasteiger charge is -2.18. The van der Waals surface area contributed by atoms with Crippen molar-refractivity contribution in [3.63, 3.8) is 0 Å². The maximum atomic E-state index is 12.8. The standard InChI is InChI=1S/C17H13BrN2O3/c18-13-8-6-12(7-9-13)17(19-15(21)10-11-16(19)22)20(23)14-4-2-1-3-5-14/h1-9H,10-11H2/b20-17-. The van der Waals surface area contributed by atoms with Gasteiger partial charge in [0.25, 0.3) is 0 Å². The van der Waals surface area contributed by atoms with Crippen LogP contribution in [0.15, 0.2) is 59.1 Å². The molecule has 1 heterocycles. The molecule has 0 bridgehead atoms. The largest absolute Gasteiger partial charge is 0.710 e. The molecule has 0 atom stereocenters. The Morgan fingerprint density at radius 1 is 0.957 bits per heavy atom. The van der Waals surface area contributed by atoms with Crippen molar-refractivity contribution in [3.05, 3.63) is 69.8 Å². The molecule has 1 fully saturated rings. The third kappa shape index (κ3) is 3.03. The summed E-state index contributed by atoms with van der Waals surface area (Å²) in [6.45, 7) is 0. The highest BCUT2D eigenvalue weighted by Gasteiger charge is 2.42. The number of para-hydroxylation sites is 1. The van der Waals surface area contributed by atoms with Crippen molar-refractivity contribution in [1.29, 1.82) is 0 Å². The second-order valence-electron chi connectivity index (χ2n) is 5.08. The van der Waals surface area contributed by atoms with E-state index >= 15 is 0 Å². The second kappa shape index (κ2) is 6.34. The van der Waals surface area contributed by atoms with E-state index < -0.39 is 0 Å². The molecule has 2 aromatic carbocycles. The summed E-state index contributed by atoms with van der Waals surface area (Å²) in [6.07, 6.45) is 0.253. The summed E-state index contributed by atoms with van der Waals surface area (Å²) in [6, 6.07) is 15.5. The first kappa shape index (κ1) is 15.4. The Hall–Kier alpha value is -2.47. The van der Waals surface area contributed by atoms with Crippen molar-refractivity contribution in [3.8, 4) is 0 Å². The average molecular weight is 373 g/mol. The number of hydrogen-bond donors (Lipinski definition) is 0. The van der Waals surface area contributed by atoms with Crippen molar-refractivity contribution in [2.45, 2.75) is 12.8 Å². The molecular formula is C17H13BrN2O3. The molecule has 1 aliphatic rings. The molecule has 0 N–H and O–H groups in total. The number of carbonyl (C=O) groups excluding carboxylic acids is 2. The molecule has 2 amide bonds. The topological polar surface area (TPSA) is 63.5 Å². The van der Waals surface area contributed by atoms with E-state index in [1.54, 1.807) is 54.6 Å². The molecule has 3 rings (SSSR count). The van der Waals surface area contributed by atoms with E-state index in [-0.39, 0.29) is 30.5 Å². The molecule has 5 nitrogen and oxygen atoms in total. The van der Waals surface area contributed by atoms with Gasteiger partial charge in [0.1, 0.15) is 5.69 Å². The van der Waals surface area contributed by atoms with Crippen molar-refractivity contribution < 1.29 is 14.3 Å². The van der Waals surface area contributed by atoms with Crippen molar-refractivity contribution >= 4 is 39.3 Å². The number of halogens is 1. The summed E-state index contributed by atoms with van der Waals surface area (Å²) in [5.41, 5.74) is 0.869. The Bertz CT molecular complexity index is 769. The number of rotatable bonds is 2. The van der Waals surface area contributed by atoms with Crippen LogP contribution in [0.5, 0.6) is 0 Å². The quantitative estimate of drug-likeness (QED) is 0.203. The Kier molecular flexibility index (Phi) is 4.25. The van der Waals surface area contributed by atoms with Crippen molar-refractivity contribution in [2.75, 3.05) is 0 Å². The van der Waals surface area contributed by atoms with Gasteiger partial charge in [0.15, 0.2) is 0 Å². The minimum absolute atomic E-state index is 0.0381. The van der Waals surface area contributed by atoms with Gasteiger partial charge in [0, 0.05) is 4.47 Å². The normalized spacial score (nSPS) is 15.8. The van der Waals surface area contributed by atoms with E-state index in [1.807, 2.05) is 0 Å². The van der Waals surface area contributed by atoms with Gasteiger partial charge >= 0.3 is 17.6 Å². The summed E-state index contributed by atoms with van der Waals surface area (Å²) in [7, 11) is 0. The molecular weight excluding hydrogens is 360 g/mol. The smallest absolute Gasteiger partial charge is 0.317 e. The molecule has 0 spiro atoms. The van der Waals surface area contributed by atoms with Crippen LogP contribution in [0.1, 0.15) is 18.4 Å². The molecule has 23 heavy (non-hydrogen) atoms. The summed E-state index contributed by atoms with van der Waals surface area (Å²) >= 11 is 3.34. The number of imide groups is 1. The third-order valence-corrected chi connectivity index (χ3v) is 4.08. The number of benzene rings is 2. The molecule has 1 saturated heterocycles. The molecule has 2 aromatic rings. The molecule has 1 aliphatic heterocycles. The highest BCUT2D eigenvalue weighted by atomic mass is 79.9. The SMILES string of the molecule is O=C1CCC(=O)N1/C(c1ccc(Br)cc1)=[N+](\[O-])c1ccccc1. The van der Waals surface area contributed by atoms with E-state index in [1.165, 1.54) is 0 Å². The van der Waals surface area contributed by atoms with Crippen LogP contribution in [-0.2, 0) is 9.59 Å². The number of carbonyl (C=O) groups is 2. The van der Waals surface area contributed by atoms with E-state index in [2.05, 4.69) is 15.9 Å². The number of hydrogen-bond acceptors (Lipinski definition) is 3. The Morgan fingerprint density at radius 3 is 2.09 bits per heavy atom. The van der Waals surface area contributed by atoms with Crippen LogP contribution in [0, 0.1) is 5.21 Å².